The first-order valence-electron chi connectivity index (χ1n) is 20.8. The third-order valence-corrected chi connectivity index (χ3v) is 10.1. The second-order valence-electron chi connectivity index (χ2n) is 14.3. The number of allylic oxidation sites excluding steroid dienone is 2. The molecule has 2 aliphatic heterocycles. The molecule has 2 heterocycles. The molecule has 0 aromatic carbocycles. The Morgan fingerprint density at radius 3 is 1.00 bits per heavy atom. The summed E-state index contributed by atoms with van der Waals surface area (Å²) in [6.07, 6.45) is 48.7. The summed E-state index contributed by atoms with van der Waals surface area (Å²) in [6.45, 7) is 10.7. The molecule has 0 radical (unpaired) electrons. The molecule has 0 aromatic rings. The van der Waals surface area contributed by atoms with Gasteiger partial charge in [0.25, 0.3) is 0 Å². The van der Waals surface area contributed by atoms with E-state index in [0.717, 1.165) is 39.3 Å². The van der Waals surface area contributed by atoms with Gasteiger partial charge in [-0.3, -0.25) is 9.98 Å². The van der Waals surface area contributed by atoms with E-state index in [1.807, 2.05) is 0 Å². The number of hydrogen-bond donors (Lipinski definition) is 0. The second kappa shape index (κ2) is 30.7. The first kappa shape index (κ1) is 40.6. The first-order valence-corrected chi connectivity index (χ1v) is 20.8. The van der Waals surface area contributed by atoms with Crippen molar-refractivity contribution in [3.05, 3.63) is 24.3 Å². The van der Waals surface area contributed by atoms with Crippen molar-refractivity contribution < 1.29 is 0 Å². The fourth-order valence-electron chi connectivity index (χ4n) is 6.95. The predicted molar refractivity (Wildman–Crippen MR) is 207 cm³/mol. The molecular weight excluding hydrogens is 560 g/mol. The molecule has 4 nitrogen and oxygen atoms in total. The van der Waals surface area contributed by atoms with Gasteiger partial charge in [0, 0.05) is 26.2 Å². The van der Waals surface area contributed by atoms with Gasteiger partial charge in [-0.25, -0.2) is 0 Å². The molecule has 0 saturated heterocycles. The van der Waals surface area contributed by atoms with Crippen LogP contribution in [0.1, 0.15) is 194 Å². The first-order chi connectivity index (χ1) is 22.8. The van der Waals surface area contributed by atoms with E-state index in [1.165, 1.54) is 191 Å². The van der Waals surface area contributed by atoms with Gasteiger partial charge in [0.15, 0.2) is 0 Å². The molecule has 2 rings (SSSR count). The number of hydrogen-bond acceptors (Lipinski definition) is 4. The van der Waals surface area contributed by atoms with E-state index < -0.39 is 0 Å². The maximum atomic E-state index is 4.80. The Bertz CT molecular complexity index is 731. The number of rotatable bonds is 33. The maximum absolute atomic E-state index is 4.80. The Morgan fingerprint density at radius 2 is 0.696 bits per heavy atom. The minimum absolute atomic E-state index is 0.943. The van der Waals surface area contributed by atoms with Crippen LogP contribution in [0.15, 0.2) is 34.3 Å². The quantitative estimate of drug-likeness (QED) is 0.0670. The van der Waals surface area contributed by atoms with Gasteiger partial charge in [-0.05, 0) is 37.8 Å². The second-order valence-corrected chi connectivity index (χ2v) is 14.3. The average Bonchev–Trinajstić information content (AvgIpc) is 3.72. The van der Waals surface area contributed by atoms with Gasteiger partial charge in [0.1, 0.15) is 11.7 Å². The van der Waals surface area contributed by atoms with Crippen LogP contribution in [0.3, 0.4) is 0 Å². The third kappa shape index (κ3) is 22.1. The van der Waals surface area contributed by atoms with Crippen LogP contribution in [-0.2, 0) is 0 Å². The van der Waals surface area contributed by atoms with Crippen LogP contribution in [-0.4, -0.2) is 60.7 Å². The smallest absolute Gasteiger partial charge is 0.123 e. The van der Waals surface area contributed by atoms with Gasteiger partial charge < -0.3 is 9.80 Å². The van der Waals surface area contributed by atoms with Crippen LogP contribution >= 0.6 is 0 Å². The maximum Gasteiger partial charge on any atom is 0.123 e. The van der Waals surface area contributed by atoms with Crippen LogP contribution in [0.25, 0.3) is 0 Å². The summed E-state index contributed by atoms with van der Waals surface area (Å²) < 4.78 is 0. The third-order valence-electron chi connectivity index (χ3n) is 10.1. The van der Waals surface area contributed by atoms with Crippen molar-refractivity contribution in [2.75, 3.05) is 39.3 Å². The Balaban J connectivity index is 1.43. The van der Waals surface area contributed by atoms with Crippen molar-refractivity contribution in [3.63, 3.8) is 0 Å². The highest BCUT2D eigenvalue weighted by atomic mass is 15.3. The molecular formula is C42H78N4. The lowest BCUT2D eigenvalue weighted by Crippen LogP contribution is -2.37. The fourth-order valence-corrected chi connectivity index (χ4v) is 6.95. The molecule has 0 N–H and O–H groups in total. The van der Waals surface area contributed by atoms with Crippen LogP contribution < -0.4 is 0 Å². The number of amidine groups is 2. The molecule has 0 aliphatic carbocycles. The molecule has 4 heteroatoms. The van der Waals surface area contributed by atoms with E-state index in [1.54, 1.807) is 0 Å². The normalized spacial score (nSPS) is 15.3. The Labute approximate surface area is 288 Å². The molecule has 46 heavy (non-hydrogen) atoms. The lowest BCUT2D eigenvalue weighted by molar-refractivity contribution is 0.372. The zero-order valence-corrected chi connectivity index (χ0v) is 31.1. The monoisotopic (exact) mass is 639 g/mol. The molecule has 0 saturated carbocycles. The van der Waals surface area contributed by atoms with Gasteiger partial charge in [0.2, 0.25) is 0 Å². The molecule has 2 aliphatic rings. The fraction of sp³-hybridized carbons (Fsp3) is 0.857. The van der Waals surface area contributed by atoms with Crippen molar-refractivity contribution >= 4 is 11.7 Å². The van der Waals surface area contributed by atoms with Gasteiger partial charge in [-0.15, -0.1) is 0 Å². The SMILES string of the molecule is CCCCCCCCCCCCCCCC=CC1=NCCN1CCN1CCN=C1C=CCCCCCCCCCCCCCCC. The van der Waals surface area contributed by atoms with Gasteiger partial charge in [-0.2, -0.15) is 0 Å². The minimum atomic E-state index is 0.943. The van der Waals surface area contributed by atoms with Gasteiger partial charge in [0.05, 0.1) is 13.1 Å². The van der Waals surface area contributed by atoms with E-state index in [-0.39, 0.29) is 0 Å². The largest absolute Gasteiger partial charge is 0.353 e. The molecule has 0 unspecified atom stereocenters. The standard InChI is InChI=1S/C42H78N4/c1-3-5-7-9-11-13-15-17-19-21-23-25-27-29-31-33-41-43-35-37-45(41)39-40-46-38-36-44-42(46)34-32-30-28-26-24-22-20-18-16-14-12-10-8-6-4-2/h31-34H,3-30,35-40H2,1-2H3. The Kier molecular flexibility index (Phi) is 27.1. The molecule has 0 atom stereocenters. The van der Waals surface area contributed by atoms with Gasteiger partial charge in [-0.1, -0.05) is 180 Å². The summed E-state index contributed by atoms with van der Waals surface area (Å²) in [6, 6.07) is 0. The Hall–Kier alpha value is -1.58. The Morgan fingerprint density at radius 1 is 0.413 bits per heavy atom. The average molecular weight is 639 g/mol. The molecule has 266 valence electrons. The highest BCUT2D eigenvalue weighted by molar-refractivity contribution is 5.95. The van der Waals surface area contributed by atoms with E-state index in [4.69, 9.17) is 9.98 Å². The predicted octanol–water partition coefficient (Wildman–Crippen LogP) is 12.5. The summed E-state index contributed by atoms with van der Waals surface area (Å²) in [5.41, 5.74) is 0. The van der Waals surface area contributed by atoms with Crippen molar-refractivity contribution in [1.29, 1.82) is 0 Å². The summed E-state index contributed by atoms with van der Waals surface area (Å²) in [7, 11) is 0. The van der Waals surface area contributed by atoms with Crippen LogP contribution in [0.2, 0.25) is 0 Å². The summed E-state index contributed by atoms with van der Waals surface area (Å²) in [5, 5.41) is 0. The zero-order valence-electron chi connectivity index (χ0n) is 31.1. The number of nitrogens with zero attached hydrogens (tertiary/aromatic N) is 4. The lowest BCUT2D eigenvalue weighted by atomic mass is 10.0. The van der Waals surface area contributed by atoms with Crippen molar-refractivity contribution in [1.82, 2.24) is 9.80 Å². The highest BCUT2D eigenvalue weighted by Gasteiger charge is 2.18. The topological polar surface area (TPSA) is 31.2 Å². The summed E-state index contributed by atoms with van der Waals surface area (Å²) >= 11 is 0. The summed E-state index contributed by atoms with van der Waals surface area (Å²) in [5.74, 6) is 2.40. The van der Waals surface area contributed by atoms with Crippen LogP contribution in [0.4, 0.5) is 0 Å². The minimum Gasteiger partial charge on any atom is -0.353 e. The molecule has 0 aromatic heterocycles. The molecule has 0 spiro atoms. The van der Waals surface area contributed by atoms with Gasteiger partial charge >= 0.3 is 0 Å². The number of aliphatic imine (C=N–C) groups is 2. The van der Waals surface area contributed by atoms with E-state index in [0.29, 0.717) is 0 Å². The van der Waals surface area contributed by atoms with Crippen molar-refractivity contribution in [2.24, 2.45) is 9.98 Å². The lowest BCUT2D eigenvalue weighted by Gasteiger charge is -2.24. The van der Waals surface area contributed by atoms with Crippen LogP contribution in [0, 0.1) is 0 Å². The van der Waals surface area contributed by atoms with E-state index in [2.05, 4.69) is 48.0 Å². The molecule has 0 fully saturated rings. The molecule has 0 amide bonds. The van der Waals surface area contributed by atoms with Crippen molar-refractivity contribution in [2.45, 2.75) is 194 Å². The highest BCUT2D eigenvalue weighted by Crippen LogP contribution is 2.15. The van der Waals surface area contributed by atoms with E-state index in [9.17, 15) is 0 Å². The van der Waals surface area contributed by atoms with Crippen molar-refractivity contribution in [3.8, 4) is 0 Å². The van der Waals surface area contributed by atoms with E-state index >= 15 is 0 Å². The zero-order chi connectivity index (χ0) is 32.6. The summed E-state index contributed by atoms with van der Waals surface area (Å²) in [4.78, 5) is 14.6. The van der Waals surface area contributed by atoms with Crippen LogP contribution in [0.5, 0.6) is 0 Å². The molecule has 0 bridgehead atoms. The number of unbranched alkanes of at least 4 members (excludes halogenated alkanes) is 26.